The monoisotopic (exact) mass is 343 g/mol. The zero-order valence-corrected chi connectivity index (χ0v) is 14.7. The first-order chi connectivity index (χ1) is 11.4. The zero-order valence-electron chi connectivity index (χ0n) is 13.9. The molecule has 1 atom stereocenters. The first kappa shape index (κ1) is 17.1. The van der Waals surface area contributed by atoms with Crippen LogP contribution in [0.3, 0.4) is 0 Å². The summed E-state index contributed by atoms with van der Waals surface area (Å²) in [5.41, 5.74) is 7.20. The van der Waals surface area contributed by atoms with Crippen LogP contribution >= 0.6 is 0 Å². The maximum atomic E-state index is 14.2. The van der Waals surface area contributed by atoms with Crippen LogP contribution in [0, 0.1) is 19.7 Å². The third-order valence-electron chi connectivity index (χ3n) is 4.46. The number of rotatable bonds is 4. The van der Waals surface area contributed by atoms with E-state index >= 15 is 0 Å². The van der Waals surface area contributed by atoms with Gasteiger partial charge in [-0.05, 0) is 67.0 Å². The van der Waals surface area contributed by atoms with Crippen molar-refractivity contribution in [1.82, 2.24) is 0 Å². The van der Waals surface area contributed by atoms with Crippen LogP contribution in [0.25, 0.3) is 11.1 Å². The number of benzene rings is 2. The fraction of sp³-hybridized carbons (Fsp3) is 0.300. The second-order valence-electron chi connectivity index (χ2n) is 6.44. The number of hydrogen-bond acceptors (Lipinski definition) is 2. The molecule has 3 rings (SSSR count). The molecule has 24 heavy (non-hydrogen) atoms. The van der Waals surface area contributed by atoms with Crippen LogP contribution in [0.5, 0.6) is 0 Å². The highest BCUT2D eigenvalue weighted by Gasteiger charge is 2.19. The molecule has 4 heteroatoms. The maximum absolute atomic E-state index is 14.2. The van der Waals surface area contributed by atoms with Gasteiger partial charge < -0.3 is 4.55 Å². The van der Waals surface area contributed by atoms with Crippen LogP contribution in [0.1, 0.15) is 47.1 Å². The molecule has 0 saturated carbocycles. The molecular weight excluding hydrogens is 323 g/mol. The normalized spacial score (nSPS) is 15.8. The van der Waals surface area contributed by atoms with E-state index in [9.17, 15) is 13.2 Å². The van der Waals surface area contributed by atoms with E-state index in [1.807, 2.05) is 6.07 Å². The molecule has 0 aliphatic heterocycles. The summed E-state index contributed by atoms with van der Waals surface area (Å²) in [5.74, 6) is -0.731. The average molecular weight is 343 g/mol. The van der Waals surface area contributed by atoms with E-state index in [0.717, 1.165) is 24.8 Å². The van der Waals surface area contributed by atoms with Crippen molar-refractivity contribution >= 4 is 22.2 Å². The largest absolute Gasteiger partial charge is 0.772 e. The van der Waals surface area contributed by atoms with E-state index in [-0.39, 0.29) is 11.3 Å². The number of aryl methyl sites for hydroxylation is 2. The zero-order chi connectivity index (χ0) is 17.3. The molecule has 0 heterocycles. The number of halogens is 1. The van der Waals surface area contributed by atoms with E-state index in [4.69, 9.17) is 0 Å². The Labute approximate surface area is 144 Å². The molecule has 2 aromatic rings. The molecule has 0 saturated heterocycles. The second-order valence-corrected chi connectivity index (χ2v) is 7.34. The Hall–Kier alpha value is -1.78. The summed E-state index contributed by atoms with van der Waals surface area (Å²) in [7, 11) is 0. The van der Waals surface area contributed by atoms with Gasteiger partial charge in [0, 0.05) is 5.75 Å². The van der Waals surface area contributed by atoms with Crippen molar-refractivity contribution in [1.29, 1.82) is 0 Å². The summed E-state index contributed by atoms with van der Waals surface area (Å²) in [5, 5.41) is 0. The minimum atomic E-state index is -2.28. The van der Waals surface area contributed by atoms with Crippen LogP contribution in [0.2, 0.25) is 0 Å². The molecule has 1 aliphatic rings. The predicted molar refractivity (Wildman–Crippen MR) is 95.6 cm³/mol. The Bertz CT molecular complexity index is 819. The number of hydrogen-bond donors (Lipinski definition) is 0. The quantitative estimate of drug-likeness (QED) is 0.740. The van der Waals surface area contributed by atoms with Crippen LogP contribution in [-0.2, 0) is 16.8 Å². The molecule has 0 amide bonds. The Morgan fingerprint density at radius 2 is 1.62 bits per heavy atom. The first-order valence-corrected chi connectivity index (χ1v) is 9.34. The minimum absolute atomic E-state index is 0.221. The van der Waals surface area contributed by atoms with Crippen LogP contribution in [0.4, 0.5) is 4.39 Å². The van der Waals surface area contributed by atoms with Crippen molar-refractivity contribution in [3.8, 4) is 0 Å². The van der Waals surface area contributed by atoms with E-state index in [0.29, 0.717) is 0 Å². The van der Waals surface area contributed by atoms with Crippen LogP contribution < -0.4 is 0 Å². The molecule has 0 spiro atoms. The lowest BCUT2D eigenvalue weighted by Gasteiger charge is -2.12. The Morgan fingerprint density at radius 1 is 1.00 bits per heavy atom. The Kier molecular flexibility index (Phi) is 4.97. The van der Waals surface area contributed by atoms with E-state index in [1.54, 1.807) is 6.07 Å². The molecule has 0 radical (unpaired) electrons. The summed E-state index contributed by atoms with van der Waals surface area (Å²) in [6, 6.07) is 11.4. The average Bonchev–Trinajstić information content (AvgIpc) is 2.97. The van der Waals surface area contributed by atoms with E-state index in [2.05, 4.69) is 32.0 Å². The van der Waals surface area contributed by atoms with Gasteiger partial charge in [-0.3, -0.25) is 4.21 Å². The summed E-state index contributed by atoms with van der Waals surface area (Å²) in [6.07, 6.45) is 2.98. The fourth-order valence-corrected chi connectivity index (χ4v) is 4.00. The Morgan fingerprint density at radius 3 is 2.21 bits per heavy atom. The van der Waals surface area contributed by atoms with Gasteiger partial charge in [0.2, 0.25) is 0 Å². The first-order valence-electron chi connectivity index (χ1n) is 8.09. The summed E-state index contributed by atoms with van der Waals surface area (Å²) in [4.78, 5) is 0. The van der Waals surface area contributed by atoms with E-state index < -0.39 is 16.9 Å². The van der Waals surface area contributed by atoms with Gasteiger partial charge in [-0.2, -0.15) is 0 Å². The lowest BCUT2D eigenvalue weighted by Crippen LogP contribution is -1.98. The van der Waals surface area contributed by atoms with Crippen molar-refractivity contribution in [3.05, 3.63) is 70.0 Å². The molecule has 0 aromatic heterocycles. The number of allylic oxidation sites excluding steroid dienone is 2. The molecule has 2 nitrogen and oxygen atoms in total. The molecule has 1 unspecified atom stereocenters. The Balaban J connectivity index is 2.03. The highest BCUT2D eigenvalue weighted by Crippen LogP contribution is 2.40. The second kappa shape index (κ2) is 6.99. The smallest absolute Gasteiger partial charge is 0.127 e. The molecule has 0 N–H and O–H groups in total. The van der Waals surface area contributed by atoms with Gasteiger partial charge in [-0.15, -0.1) is 0 Å². The summed E-state index contributed by atoms with van der Waals surface area (Å²) < 4.78 is 35.8. The molecule has 1 aliphatic carbocycles. The van der Waals surface area contributed by atoms with Gasteiger partial charge in [0.05, 0.1) is 0 Å². The van der Waals surface area contributed by atoms with Crippen LogP contribution in [0.15, 0.2) is 36.4 Å². The predicted octanol–water partition coefficient (Wildman–Crippen LogP) is 4.92. The lowest BCUT2D eigenvalue weighted by molar-refractivity contribution is 0.533. The van der Waals surface area contributed by atoms with E-state index in [1.165, 1.54) is 33.9 Å². The van der Waals surface area contributed by atoms with Crippen LogP contribution in [-0.4, -0.2) is 8.76 Å². The topological polar surface area (TPSA) is 40.1 Å². The molecule has 0 bridgehead atoms. The molecule has 126 valence electrons. The van der Waals surface area contributed by atoms with Crippen molar-refractivity contribution < 1.29 is 13.2 Å². The van der Waals surface area contributed by atoms with Crippen molar-refractivity contribution in [2.45, 2.75) is 38.9 Å². The third kappa shape index (κ3) is 3.65. The summed E-state index contributed by atoms with van der Waals surface area (Å²) in [6.45, 7) is 4.17. The lowest BCUT2D eigenvalue weighted by atomic mass is 9.94. The van der Waals surface area contributed by atoms with Crippen molar-refractivity contribution in [2.24, 2.45) is 0 Å². The SMILES string of the molecule is Cc1cc(C)cc(C2=C(c3ccc(CS(=O)[O-])c(F)c3)CCC2)c1. The highest BCUT2D eigenvalue weighted by molar-refractivity contribution is 7.78. The van der Waals surface area contributed by atoms with Gasteiger partial charge in [0.15, 0.2) is 0 Å². The fourth-order valence-electron chi connectivity index (χ4n) is 3.51. The van der Waals surface area contributed by atoms with Crippen molar-refractivity contribution in [2.75, 3.05) is 0 Å². The minimum Gasteiger partial charge on any atom is -0.772 e. The van der Waals surface area contributed by atoms with Crippen molar-refractivity contribution in [3.63, 3.8) is 0 Å². The maximum Gasteiger partial charge on any atom is 0.127 e. The molecular formula is C20H20FO2S-. The van der Waals surface area contributed by atoms with Gasteiger partial charge in [0.25, 0.3) is 0 Å². The van der Waals surface area contributed by atoms with Gasteiger partial charge in [-0.1, -0.05) is 52.5 Å². The van der Waals surface area contributed by atoms with Gasteiger partial charge in [-0.25, -0.2) is 4.39 Å². The summed E-state index contributed by atoms with van der Waals surface area (Å²) >= 11 is -2.28. The standard InChI is InChI=1S/C20H21FO2S/c1-13-8-14(2)10-17(9-13)19-5-3-4-18(19)15-6-7-16(12-24(22)23)20(21)11-15/h6-11H,3-5,12H2,1-2H3,(H,22,23)/p-1. The van der Waals surface area contributed by atoms with Gasteiger partial charge in [0.1, 0.15) is 5.82 Å². The third-order valence-corrected chi connectivity index (χ3v) is 5.01. The molecule has 2 aromatic carbocycles. The molecule has 0 fully saturated rings. The highest BCUT2D eigenvalue weighted by atomic mass is 32.2. The van der Waals surface area contributed by atoms with Gasteiger partial charge >= 0.3 is 0 Å².